The van der Waals surface area contributed by atoms with Crippen molar-refractivity contribution in [3.8, 4) is 10.7 Å². The number of aromatic nitrogens is 2. The van der Waals surface area contributed by atoms with Crippen LogP contribution in [0.1, 0.15) is 11.8 Å². The summed E-state index contributed by atoms with van der Waals surface area (Å²) in [6.07, 6.45) is 1.03. The minimum Gasteiger partial charge on any atom is -0.373 e. The summed E-state index contributed by atoms with van der Waals surface area (Å²) >= 11 is 7.79. The fourth-order valence-corrected chi connectivity index (χ4v) is 3.14. The SMILES string of the molecule is CCc1ccc(-c2nc(NC)c3ccc(Cl)cc3n2)s1. The lowest BCUT2D eigenvalue weighted by atomic mass is 10.2. The Bertz CT molecular complexity index is 767. The monoisotopic (exact) mass is 303 g/mol. The van der Waals surface area contributed by atoms with Gasteiger partial charge >= 0.3 is 0 Å². The average molecular weight is 304 g/mol. The Kier molecular flexibility index (Phi) is 3.59. The molecule has 0 unspecified atom stereocenters. The topological polar surface area (TPSA) is 37.8 Å². The Hall–Kier alpha value is -1.65. The number of nitrogens with zero attached hydrogens (tertiary/aromatic N) is 2. The number of anilines is 1. The number of thiophene rings is 1. The molecular weight excluding hydrogens is 290 g/mol. The zero-order valence-electron chi connectivity index (χ0n) is 11.3. The molecule has 0 amide bonds. The van der Waals surface area contributed by atoms with Crippen LogP contribution in [0.15, 0.2) is 30.3 Å². The van der Waals surface area contributed by atoms with E-state index in [0.717, 1.165) is 33.8 Å². The molecule has 102 valence electrons. The van der Waals surface area contributed by atoms with Crippen LogP contribution in [-0.2, 0) is 6.42 Å². The highest BCUT2D eigenvalue weighted by Crippen LogP contribution is 2.30. The minimum absolute atomic E-state index is 0.685. The first-order chi connectivity index (χ1) is 9.71. The van der Waals surface area contributed by atoms with Gasteiger partial charge in [-0.05, 0) is 36.8 Å². The predicted molar refractivity (Wildman–Crippen MR) is 86.8 cm³/mol. The largest absolute Gasteiger partial charge is 0.373 e. The van der Waals surface area contributed by atoms with Crippen LogP contribution < -0.4 is 5.32 Å². The first-order valence-electron chi connectivity index (χ1n) is 6.45. The second-order valence-corrected chi connectivity index (χ2v) is 6.03. The van der Waals surface area contributed by atoms with Crippen molar-refractivity contribution in [1.29, 1.82) is 0 Å². The second-order valence-electron chi connectivity index (χ2n) is 4.43. The van der Waals surface area contributed by atoms with E-state index >= 15 is 0 Å². The van der Waals surface area contributed by atoms with Crippen molar-refractivity contribution in [3.63, 3.8) is 0 Å². The number of halogens is 1. The summed E-state index contributed by atoms with van der Waals surface area (Å²) in [4.78, 5) is 11.7. The molecule has 20 heavy (non-hydrogen) atoms. The summed E-state index contributed by atoms with van der Waals surface area (Å²) in [5.41, 5.74) is 0.860. The summed E-state index contributed by atoms with van der Waals surface area (Å²) in [7, 11) is 1.87. The number of nitrogens with one attached hydrogen (secondary N) is 1. The van der Waals surface area contributed by atoms with Crippen molar-refractivity contribution >= 4 is 39.7 Å². The molecule has 2 heterocycles. The molecule has 0 radical (unpaired) electrons. The molecule has 5 heteroatoms. The number of hydrogen-bond donors (Lipinski definition) is 1. The van der Waals surface area contributed by atoms with E-state index in [4.69, 9.17) is 11.6 Å². The number of rotatable bonds is 3. The van der Waals surface area contributed by atoms with E-state index in [2.05, 4.69) is 34.3 Å². The van der Waals surface area contributed by atoms with Gasteiger partial charge in [0.25, 0.3) is 0 Å². The van der Waals surface area contributed by atoms with Crippen molar-refractivity contribution in [3.05, 3.63) is 40.2 Å². The van der Waals surface area contributed by atoms with Crippen LogP contribution in [0.3, 0.4) is 0 Å². The molecule has 0 atom stereocenters. The lowest BCUT2D eigenvalue weighted by molar-refractivity contribution is 1.19. The van der Waals surface area contributed by atoms with E-state index in [0.29, 0.717) is 5.02 Å². The molecule has 0 fully saturated rings. The number of fused-ring (bicyclic) bond motifs is 1. The highest BCUT2D eigenvalue weighted by molar-refractivity contribution is 7.15. The van der Waals surface area contributed by atoms with Gasteiger partial charge < -0.3 is 5.32 Å². The molecule has 3 aromatic rings. The molecule has 1 N–H and O–H groups in total. The quantitative estimate of drug-likeness (QED) is 0.767. The zero-order chi connectivity index (χ0) is 14.1. The summed E-state index contributed by atoms with van der Waals surface area (Å²) in [5, 5.41) is 4.80. The smallest absolute Gasteiger partial charge is 0.172 e. The first-order valence-corrected chi connectivity index (χ1v) is 7.65. The number of aryl methyl sites for hydroxylation is 1. The van der Waals surface area contributed by atoms with Gasteiger partial charge in [-0.1, -0.05) is 18.5 Å². The maximum atomic E-state index is 6.06. The Balaban J connectivity index is 2.20. The molecule has 3 nitrogen and oxygen atoms in total. The van der Waals surface area contributed by atoms with Gasteiger partial charge in [-0.3, -0.25) is 0 Å². The van der Waals surface area contributed by atoms with Crippen molar-refractivity contribution in [2.45, 2.75) is 13.3 Å². The molecule has 0 aliphatic heterocycles. The van der Waals surface area contributed by atoms with Gasteiger partial charge in [0, 0.05) is 22.3 Å². The highest BCUT2D eigenvalue weighted by atomic mass is 35.5. The lowest BCUT2D eigenvalue weighted by Crippen LogP contribution is -1.97. The standard InChI is InChI=1S/C15H14ClN3S/c1-3-10-5-7-13(20-10)15-18-12-8-9(16)4-6-11(12)14(17-2)19-15/h4-8H,3H2,1-2H3,(H,17,18,19). The molecule has 0 aliphatic rings. The number of benzene rings is 1. The third-order valence-electron chi connectivity index (χ3n) is 3.13. The lowest BCUT2D eigenvalue weighted by Gasteiger charge is -2.07. The van der Waals surface area contributed by atoms with Crippen LogP contribution in [0.2, 0.25) is 5.02 Å². The van der Waals surface area contributed by atoms with E-state index in [1.807, 2.05) is 25.2 Å². The van der Waals surface area contributed by atoms with Crippen molar-refractivity contribution in [2.75, 3.05) is 12.4 Å². The van der Waals surface area contributed by atoms with Crippen molar-refractivity contribution in [1.82, 2.24) is 9.97 Å². The van der Waals surface area contributed by atoms with Crippen molar-refractivity contribution in [2.24, 2.45) is 0 Å². The normalized spacial score (nSPS) is 10.9. The van der Waals surface area contributed by atoms with Gasteiger partial charge in [0.05, 0.1) is 10.4 Å². The van der Waals surface area contributed by atoms with Crippen molar-refractivity contribution < 1.29 is 0 Å². The fraction of sp³-hybridized carbons (Fsp3) is 0.200. The predicted octanol–water partition coefficient (Wildman–Crippen LogP) is 4.62. The van der Waals surface area contributed by atoms with Gasteiger partial charge in [0.2, 0.25) is 0 Å². The maximum Gasteiger partial charge on any atom is 0.172 e. The molecule has 0 saturated heterocycles. The summed E-state index contributed by atoms with van der Waals surface area (Å²) < 4.78 is 0. The number of hydrogen-bond acceptors (Lipinski definition) is 4. The fourth-order valence-electron chi connectivity index (χ4n) is 2.09. The molecule has 0 bridgehead atoms. The van der Waals surface area contributed by atoms with Gasteiger partial charge in [0.15, 0.2) is 5.82 Å². The summed E-state index contributed by atoms with van der Waals surface area (Å²) in [5.74, 6) is 1.57. The third kappa shape index (κ3) is 2.37. The molecule has 3 rings (SSSR count). The van der Waals surface area contributed by atoms with Gasteiger partial charge in [-0.15, -0.1) is 11.3 Å². The van der Waals surface area contributed by atoms with E-state index in [1.165, 1.54) is 4.88 Å². The summed E-state index contributed by atoms with van der Waals surface area (Å²) in [6.45, 7) is 2.15. The first kappa shape index (κ1) is 13.3. The molecule has 0 aliphatic carbocycles. The Morgan fingerprint density at radius 2 is 2.05 bits per heavy atom. The Morgan fingerprint density at radius 3 is 2.75 bits per heavy atom. The molecule has 0 saturated carbocycles. The van der Waals surface area contributed by atoms with Crippen LogP contribution >= 0.6 is 22.9 Å². The van der Waals surface area contributed by atoms with Crippen LogP contribution in [0.5, 0.6) is 0 Å². The van der Waals surface area contributed by atoms with Crippen LogP contribution in [0, 0.1) is 0 Å². The average Bonchev–Trinajstić information content (AvgIpc) is 2.94. The molecular formula is C15H14ClN3S. The van der Waals surface area contributed by atoms with E-state index in [9.17, 15) is 0 Å². The van der Waals surface area contributed by atoms with Gasteiger partial charge in [0.1, 0.15) is 5.82 Å². The Morgan fingerprint density at radius 1 is 1.20 bits per heavy atom. The van der Waals surface area contributed by atoms with Gasteiger partial charge in [-0.25, -0.2) is 9.97 Å². The maximum absolute atomic E-state index is 6.06. The van der Waals surface area contributed by atoms with E-state index < -0.39 is 0 Å². The van der Waals surface area contributed by atoms with E-state index in [-0.39, 0.29) is 0 Å². The van der Waals surface area contributed by atoms with Crippen LogP contribution in [0.4, 0.5) is 5.82 Å². The minimum atomic E-state index is 0.685. The summed E-state index contributed by atoms with van der Waals surface area (Å²) in [6, 6.07) is 9.88. The van der Waals surface area contributed by atoms with Crippen LogP contribution in [0.25, 0.3) is 21.6 Å². The van der Waals surface area contributed by atoms with E-state index in [1.54, 1.807) is 11.3 Å². The second kappa shape index (κ2) is 5.38. The third-order valence-corrected chi connectivity index (χ3v) is 4.59. The molecule has 0 spiro atoms. The molecule has 2 aromatic heterocycles. The Labute approximate surface area is 126 Å². The van der Waals surface area contributed by atoms with Gasteiger partial charge in [-0.2, -0.15) is 0 Å². The highest BCUT2D eigenvalue weighted by Gasteiger charge is 2.10. The molecule has 1 aromatic carbocycles. The zero-order valence-corrected chi connectivity index (χ0v) is 12.8. The van der Waals surface area contributed by atoms with Crippen LogP contribution in [-0.4, -0.2) is 17.0 Å².